The second kappa shape index (κ2) is 4.51. The van der Waals surface area contributed by atoms with Crippen LogP contribution in [0, 0.1) is 11.5 Å². The Hall–Kier alpha value is -1.71. The second-order valence-corrected chi connectivity index (χ2v) is 3.06. The molecule has 0 aromatic rings. The average molecular weight is 194 g/mol. The Bertz CT molecular complexity index is 299. The van der Waals surface area contributed by atoms with Gasteiger partial charge in [0, 0.05) is 6.54 Å². The third-order valence-corrected chi connectivity index (χ3v) is 1.86. The van der Waals surface area contributed by atoms with E-state index >= 15 is 0 Å². The van der Waals surface area contributed by atoms with E-state index in [9.17, 15) is 4.79 Å². The molecule has 1 aliphatic heterocycles. The van der Waals surface area contributed by atoms with Crippen LogP contribution < -0.4 is 5.32 Å². The molecule has 74 valence electrons. The van der Waals surface area contributed by atoms with Gasteiger partial charge in [-0.05, 0) is 6.92 Å². The first-order chi connectivity index (χ1) is 6.63. The molecule has 0 spiro atoms. The molecule has 0 bridgehead atoms. The molecule has 1 saturated heterocycles. The number of amides is 1. The number of hydrogen-bond donors (Lipinski definition) is 1. The maximum atomic E-state index is 10.9. The van der Waals surface area contributed by atoms with Gasteiger partial charge in [0.25, 0.3) is 0 Å². The zero-order valence-electron chi connectivity index (χ0n) is 8.15. The largest absolute Gasteiger partial charge is 0.443 e. The smallest absolute Gasteiger partial charge is 0.397 e. The minimum atomic E-state index is -0.313. The first-order valence-corrected chi connectivity index (χ1v) is 4.22. The van der Waals surface area contributed by atoms with Crippen molar-refractivity contribution in [2.24, 2.45) is 4.99 Å². The highest BCUT2D eigenvalue weighted by atomic mass is 16.6. The van der Waals surface area contributed by atoms with Gasteiger partial charge < -0.3 is 14.9 Å². The number of rotatable bonds is 2. The van der Waals surface area contributed by atoms with Gasteiger partial charge in [-0.3, -0.25) is 0 Å². The fourth-order valence-electron chi connectivity index (χ4n) is 1.13. The first-order valence-electron chi connectivity index (χ1n) is 4.22. The quantitative estimate of drug-likeness (QED) is 0.260. The van der Waals surface area contributed by atoms with E-state index in [2.05, 4.69) is 10.3 Å². The Morgan fingerprint density at radius 3 is 3.21 bits per heavy atom. The van der Waals surface area contributed by atoms with Gasteiger partial charge in [0.05, 0.1) is 6.54 Å². The Labute approximate surface area is 83.0 Å². The van der Waals surface area contributed by atoms with Crippen molar-refractivity contribution in [3.05, 3.63) is 0 Å². The molecule has 1 amide bonds. The number of carbonyl (C=O) groups excluding carboxylic acids is 1. The average Bonchev–Trinajstić information content (AvgIpc) is 2.44. The van der Waals surface area contributed by atoms with Crippen molar-refractivity contribution in [2.45, 2.75) is 13.0 Å². The Balaban J connectivity index is 2.31. The van der Waals surface area contributed by atoms with Crippen molar-refractivity contribution in [1.29, 1.82) is 5.26 Å². The van der Waals surface area contributed by atoms with Crippen LogP contribution in [0.3, 0.4) is 0 Å². The van der Waals surface area contributed by atoms with Crippen LogP contribution in [0.4, 0.5) is 4.79 Å². The summed E-state index contributed by atoms with van der Waals surface area (Å²) in [6, 6.07) is 0. The number of ether oxygens (including phenoxy) is 1. The fraction of sp³-hybridized carbons (Fsp3) is 0.571. The predicted octanol–water partition coefficient (Wildman–Crippen LogP) is -1.16. The highest BCUT2D eigenvalue weighted by molar-refractivity contribution is 6.13. The lowest BCUT2D eigenvalue weighted by molar-refractivity contribution is 0.138. The van der Waals surface area contributed by atoms with E-state index in [-0.39, 0.29) is 12.2 Å². The van der Waals surface area contributed by atoms with Gasteiger partial charge in [-0.1, -0.05) is 0 Å². The molecule has 1 heterocycles. The van der Waals surface area contributed by atoms with E-state index in [0.29, 0.717) is 18.9 Å². The molecule has 1 fully saturated rings. The lowest BCUT2D eigenvalue weighted by Crippen LogP contribution is -2.32. The van der Waals surface area contributed by atoms with E-state index in [1.807, 2.05) is 0 Å². The molecule has 7 heteroatoms. The lowest BCUT2D eigenvalue weighted by atomic mass is 10.3. The van der Waals surface area contributed by atoms with Crippen LogP contribution >= 0.6 is 0 Å². The fourth-order valence-corrected chi connectivity index (χ4v) is 1.13. The monoisotopic (exact) mass is 194 g/mol. The number of nitriles is 1. The standard InChI is InChI=1S/C7H11BN4O2/c1-5(11-4-9)10-2-6-3-12(8)7(13)14-6/h6H,2-3,8H2,1H3,(H,10,11)/t6-/m0/s1. The summed E-state index contributed by atoms with van der Waals surface area (Å²) < 4.78 is 4.99. The summed E-state index contributed by atoms with van der Waals surface area (Å²) in [6.45, 7) is 2.72. The van der Waals surface area contributed by atoms with Crippen LogP contribution in [0.15, 0.2) is 4.99 Å². The normalized spacial score (nSPS) is 21.7. The van der Waals surface area contributed by atoms with Crippen molar-refractivity contribution < 1.29 is 9.53 Å². The van der Waals surface area contributed by atoms with Crippen molar-refractivity contribution in [3.63, 3.8) is 0 Å². The van der Waals surface area contributed by atoms with E-state index in [1.54, 1.807) is 21.1 Å². The van der Waals surface area contributed by atoms with Crippen molar-refractivity contribution in [1.82, 2.24) is 10.1 Å². The van der Waals surface area contributed by atoms with Gasteiger partial charge in [0.2, 0.25) is 14.2 Å². The molecule has 0 saturated carbocycles. The van der Waals surface area contributed by atoms with E-state index < -0.39 is 0 Å². The molecule has 1 aliphatic rings. The molecule has 6 nitrogen and oxygen atoms in total. The Kier molecular flexibility index (Phi) is 3.34. The van der Waals surface area contributed by atoms with Gasteiger partial charge >= 0.3 is 6.09 Å². The maximum absolute atomic E-state index is 10.9. The molecule has 0 aliphatic carbocycles. The van der Waals surface area contributed by atoms with Gasteiger partial charge in [0.1, 0.15) is 11.9 Å². The van der Waals surface area contributed by atoms with Crippen LogP contribution in [-0.4, -0.2) is 43.9 Å². The minimum absolute atomic E-state index is 0.170. The molecular weight excluding hydrogens is 183 g/mol. The summed E-state index contributed by atoms with van der Waals surface area (Å²) >= 11 is 0. The molecule has 0 aromatic heterocycles. The summed E-state index contributed by atoms with van der Waals surface area (Å²) in [4.78, 5) is 15.9. The summed E-state index contributed by atoms with van der Waals surface area (Å²) in [5.41, 5.74) is 0. The van der Waals surface area contributed by atoms with E-state index in [4.69, 9.17) is 10.00 Å². The number of cyclic esters (lactones) is 1. The van der Waals surface area contributed by atoms with Gasteiger partial charge in [-0.25, -0.2) is 4.79 Å². The molecular formula is C7H11BN4O2. The third-order valence-electron chi connectivity index (χ3n) is 1.86. The highest BCUT2D eigenvalue weighted by Crippen LogP contribution is 2.06. The Morgan fingerprint density at radius 2 is 2.71 bits per heavy atom. The summed E-state index contributed by atoms with van der Waals surface area (Å²) in [5, 5.41) is 11.1. The topological polar surface area (TPSA) is 77.7 Å². The van der Waals surface area contributed by atoms with Crippen LogP contribution in [0.5, 0.6) is 0 Å². The second-order valence-electron chi connectivity index (χ2n) is 3.06. The van der Waals surface area contributed by atoms with Crippen LogP contribution in [0.2, 0.25) is 0 Å². The predicted molar refractivity (Wildman–Crippen MR) is 52.2 cm³/mol. The number of aliphatic imine (C=N–C) groups is 1. The van der Waals surface area contributed by atoms with Gasteiger partial charge in [-0.2, -0.15) is 10.3 Å². The molecule has 0 unspecified atom stereocenters. The van der Waals surface area contributed by atoms with E-state index in [0.717, 1.165) is 0 Å². The molecule has 0 aromatic carbocycles. The minimum Gasteiger partial charge on any atom is -0.443 e. The zero-order valence-corrected chi connectivity index (χ0v) is 8.15. The molecule has 1 rings (SSSR count). The number of carbonyl (C=O) groups is 1. The number of nitrogens with one attached hydrogen (secondary N) is 1. The van der Waals surface area contributed by atoms with Crippen LogP contribution in [0.1, 0.15) is 6.92 Å². The molecule has 0 radical (unpaired) electrons. The number of nitrogens with zero attached hydrogens (tertiary/aromatic N) is 3. The van der Waals surface area contributed by atoms with Crippen molar-refractivity contribution in [3.8, 4) is 6.19 Å². The van der Waals surface area contributed by atoms with Crippen molar-refractivity contribution >= 4 is 19.9 Å². The molecule has 1 N–H and O–H groups in total. The molecule has 1 atom stereocenters. The van der Waals surface area contributed by atoms with Crippen LogP contribution in [0.25, 0.3) is 0 Å². The zero-order chi connectivity index (χ0) is 10.6. The van der Waals surface area contributed by atoms with Gasteiger partial charge in [-0.15, -0.1) is 0 Å². The van der Waals surface area contributed by atoms with Crippen LogP contribution in [-0.2, 0) is 4.74 Å². The third kappa shape index (κ3) is 2.66. The molecule has 14 heavy (non-hydrogen) atoms. The number of hydrogen-bond acceptors (Lipinski definition) is 4. The maximum Gasteiger partial charge on any atom is 0.397 e. The van der Waals surface area contributed by atoms with Crippen molar-refractivity contribution in [2.75, 3.05) is 13.1 Å². The summed E-state index contributed by atoms with van der Waals surface area (Å²) in [6.07, 6.45) is 1.18. The van der Waals surface area contributed by atoms with Gasteiger partial charge in [0.15, 0.2) is 0 Å². The first kappa shape index (κ1) is 10.4. The summed E-state index contributed by atoms with van der Waals surface area (Å²) in [7, 11) is 1.68. The Morgan fingerprint density at radius 1 is 2.00 bits per heavy atom. The van der Waals surface area contributed by atoms with E-state index in [1.165, 1.54) is 4.81 Å². The summed E-state index contributed by atoms with van der Waals surface area (Å²) in [5.74, 6) is 0.526. The number of amidine groups is 1. The SMILES string of the molecule is BN1C[C@H](CN/C(C)=N/C#N)OC1=O. The lowest BCUT2D eigenvalue weighted by Gasteiger charge is -2.09. The highest BCUT2D eigenvalue weighted by Gasteiger charge is 2.27.